The first-order valence-corrected chi connectivity index (χ1v) is 8.29. The van der Waals surface area contributed by atoms with E-state index in [1.54, 1.807) is 6.07 Å². The molecule has 0 aliphatic carbocycles. The second kappa shape index (κ2) is 8.67. The van der Waals surface area contributed by atoms with E-state index in [1.165, 1.54) is 13.0 Å². The highest BCUT2D eigenvalue weighted by Gasteiger charge is 2.19. The maximum Gasteiger partial charge on any atom is 0.344 e. The van der Waals surface area contributed by atoms with Gasteiger partial charge in [-0.1, -0.05) is 17.7 Å². The Morgan fingerprint density at radius 2 is 1.88 bits per heavy atom. The minimum absolute atomic E-state index is 0.0509. The van der Waals surface area contributed by atoms with Crippen molar-refractivity contribution in [2.24, 2.45) is 0 Å². The van der Waals surface area contributed by atoms with E-state index in [0.29, 0.717) is 5.75 Å². The van der Waals surface area contributed by atoms with Crippen LogP contribution in [0.25, 0.3) is 0 Å². The lowest BCUT2D eigenvalue weighted by Gasteiger charge is -2.15. The number of ether oxygens (including phenoxy) is 2. The molecule has 0 aliphatic rings. The van der Waals surface area contributed by atoms with Crippen LogP contribution >= 0.6 is 11.6 Å². The van der Waals surface area contributed by atoms with Crippen molar-refractivity contribution in [1.29, 1.82) is 0 Å². The molecule has 0 unspecified atom stereocenters. The van der Waals surface area contributed by atoms with Gasteiger partial charge in [0, 0.05) is 0 Å². The zero-order valence-electron chi connectivity index (χ0n) is 14.6. The lowest BCUT2D eigenvalue weighted by molar-refractivity contribution is -0.155. The van der Waals surface area contributed by atoms with Crippen LogP contribution in [0.5, 0.6) is 5.75 Å². The van der Waals surface area contributed by atoms with Gasteiger partial charge in [-0.15, -0.1) is 0 Å². The second-order valence-corrected chi connectivity index (χ2v) is 6.19. The monoisotopic (exact) mass is 379 g/mol. The third kappa shape index (κ3) is 5.46. The molecule has 5 nitrogen and oxygen atoms in total. The first-order chi connectivity index (χ1) is 12.3. The van der Waals surface area contributed by atoms with Crippen molar-refractivity contribution in [2.45, 2.75) is 26.9 Å². The van der Waals surface area contributed by atoms with E-state index in [1.807, 2.05) is 26.0 Å². The number of hydrogen-bond acceptors (Lipinski definition) is 4. The third-order valence-corrected chi connectivity index (χ3v) is 4.01. The highest BCUT2D eigenvalue weighted by molar-refractivity contribution is 6.33. The van der Waals surface area contributed by atoms with Crippen molar-refractivity contribution in [2.75, 3.05) is 11.9 Å². The predicted molar refractivity (Wildman–Crippen MR) is 97.0 cm³/mol. The number of amides is 1. The van der Waals surface area contributed by atoms with E-state index in [4.69, 9.17) is 21.1 Å². The fraction of sp³-hybridized carbons (Fsp3) is 0.263. The molecule has 2 rings (SSSR count). The summed E-state index contributed by atoms with van der Waals surface area (Å²) in [6, 6.07) is 9.02. The number of rotatable bonds is 6. The Labute approximate surface area is 156 Å². The number of halogens is 2. The summed E-state index contributed by atoms with van der Waals surface area (Å²) < 4.78 is 23.4. The van der Waals surface area contributed by atoms with Crippen LogP contribution in [-0.4, -0.2) is 24.6 Å². The Balaban J connectivity index is 1.85. The Kier molecular flexibility index (Phi) is 6.58. The molecule has 0 aliphatic heterocycles. The maximum absolute atomic E-state index is 13.0. The van der Waals surface area contributed by atoms with E-state index in [-0.39, 0.29) is 17.3 Å². The highest BCUT2D eigenvalue weighted by atomic mass is 35.5. The number of carbonyl (C=O) groups is 2. The molecule has 26 heavy (non-hydrogen) atoms. The van der Waals surface area contributed by atoms with Gasteiger partial charge in [-0.25, -0.2) is 9.18 Å². The zero-order valence-corrected chi connectivity index (χ0v) is 15.4. The number of anilines is 1. The molecule has 2 aromatic rings. The molecule has 0 heterocycles. The summed E-state index contributed by atoms with van der Waals surface area (Å²) in [4.78, 5) is 23.9. The van der Waals surface area contributed by atoms with Crippen molar-refractivity contribution in [3.8, 4) is 5.75 Å². The molecule has 0 aromatic heterocycles. The zero-order chi connectivity index (χ0) is 19.3. The fourth-order valence-electron chi connectivity index (χ4n) is 2.06. The van der Waals surface area contributed by atoms with E-state index in [0.717, 1.165) is 23.3 Å². The predicted octanol–water partition coefficient (Wildman–Crippen LogP) is 4.05. The smallest absolute Gasteiger partial charge is 0.344 e. The Bertz CT molecular complexity index is 825. The molecule has 1 N–H and O–H groups in total. The molecular weight excluding hydrogens is 361 g/mol. The lowest BCUT2D eigenvalue weighted by atomic mass is 10.1. The molecule has 138 valence electrons. The molecule has 0 saturated carbocycles. The van der Waals surface area contributed by atoms with Gasteiger partial charge in [0.05, 0.1) is 10.7 Å². The van der Waals surface area contributed by atoms with Gasteiger partial charge in [-0.3, -0.25) is 4.79 Å². The first-order valence-electron chi connectivity index (χ1n) is 7.91. The van der Waals surface area contributed by atoms with Gasteiger partial charge >= 0.3 is 5.97 Å². The van der Waals surface area contributed by atoms with E-state index in [9.17, 15) is 14.0 Å². The van der Waals surface area contributed by atoms with Gasteiger partial charge in [0.1, 0.15) is 11.6 Å². The Morgan fingerprint density at radius 1 is 1.15 bits per heavy atom. The number of esters is 1. The lowest BCUT2D eigenvalue weighted by Crippen LogP contribution is -2.31. The normalized spacial score (nSPS) is 11.6. The minimum Gasteiger partial charge on any atom is -0.482 e. The van der Waals surface area contributed by atoms with Gasteiger partial charge in [-0.05, 0) is 62.2 Å². The Hall–Kier alpha value is -2.60. The first kappa shape index (κ1) is 19.7. The van der Waals surface area contributed by atoms with Gasteiger partial charge in [-0.2, -0.15) is 0 Å². The van der Waals surface area contributed by atoms with Crippen LogP contribution in [0.1, 0.15) is 18.1 Å². The van der Waals surface area contributed by atoms with Crippen molar-refractivity contribution in [1.82, 2.24) is 0 Å². The molecule has 2 aromatic carbocycles. The number of nitrogens with one attached hydrogen (secondary N) is 1. The molecule has 1 amide bonds. The quantitative estimate of drug-likeness (QED) is 0.769. The molecule has 0 saturated heterocycles. The molecule has 0 radical (unpaired) electrons. The van der Waals surface area contributed by atoms with Crippen LogP contribution in [0.4, 0.5) is 10.1 Å². The molecule has 0 fully saturated rings. The summed E-state index contributed by atoms with van der Waals surface area (Å²) in [7, 11) is 0. The summed E-state index contributed by atoms with van der Waals surface area (Å²) in [5.74, 6) is -1.25. The SMILES string of the molecule is Cc1ccc(OCC(=O)O[C@H](C)C(=O)Nc2ccc(F)cc2Cl)cc1C. The van der Waals surface area contributed by atoms with Crippen LogP contribution in [0.15, 0.2) is 36.4 Å². The topological polar surface area (TPSA) is 64.6 Å². The summed E-state index contributed by atoms with van der Waals surface area (Å²) in [6.45, 7) is 5.01. The molecular formula is C19H19ClFNO4. The number of benzene rings is 2. The molecule has 1 atom stereocenters. The van der Waals surface area contributed by atoms with E-state index in [2.05, 4.69) is 5.32 Å². The van der Waals surface area contributed by atoms with E-state index >= 15 is 0 Å². The second-order valence-electron chi connectivity index (χ2n) is 5.78. The summed E-state index contributed by atoms with van der Waals surface area (Å²) in [5, 5.41) is 2.53. The number of hydrogen-bond donors (Lipinski definition) is 1. The Morgan fingerprint density at radius 3 is 2.54 bits per heavy atom. The standard InChI is InChI=1S/C19H19ClFNO4/c1-11-4-6-15(8-12(11)2)25-10-18(23)26-13(3)19(24)22-17-7-5-14(21)9-16(17)20/h4-9,13H,10H2,1-3H3,(H,22,24)/t13-/m1/s1. The van der Waals surface area contributed by atoms with Crippen LogP contribution < -0.4 is 10.1 Å². The van der Waals surface area contributed by atoms with Crippen LogP contribution in [0.2, 0.25) is 5.02 Å². The molecule has 7 heteroatoms. The van der Waals surface area contributed by atoms with Gasteiger partial charge in [0.15, 0.2) is 12.7 Å². The third-order valence-electron chi connectivity index (χ3n) is 3.70. The van der Waals surface area contributed by atoms with E-state index < -0.39 is 23.8 Å². The van der Waals surface area contributed by atoms with Crippen molar-refractivity contribution < 1.29 is 23.5 Å². The number of carbonyl (C=O) groups excluding carboxylic acids is 2. The average molecular weight is 380 g/mol. The maximum atomic E-state index is 13.0. The summed E-state index contributed by atoms with van der Waals surface area (Å²) in [5.41, 5.74) is 2.39. The average Bonchev–Trinajstić information content (AvgIpc) is 2.58. The number of aryl methyl sites for hydroxylation is 2. The molecule has 0 spiro atoms. The van der Waals surface area contributed by atoms with Crippen LogP contribution in [0.3, 0.4) is 0 Å². The fourth-order valence-corrected chi connectivity index (χ4v) is 2.27. The van der Waals surface area contributed by atoms with Crippen LogP contribution in [-0.2, 0) is 14.3 Å². The van der Waals surface area contributed by atoms with Gasteiger partial charge < -0.3 is 14.8 Å². The summed E-state index contributed by atoms with van der Waals surface area (Å²) in [6.07, 6.45) is -1.06. The van der Waals surface area contributed by atoms with Crippen molar-refractivity contribution in [3.05, 3.63) is 58.4 Å². The van der Waals surface area contributed by atoms with Gasteiger partial charge in [0.2, 0.25) is 0 Å². The summed E-state index contributed by atoms with van der Waals surface area (Å²) >= 11 is 5.84. The largest absolute Gasteiger partial charge is 0.482 e. The minimum atomic E-state index is -1.06. The van der Waals surface area contributed by atoms with Crippen molar-refractivity contribution in [3.63, 3.8) is 0 Å². The van der Waals surface area contributed by atoms with Crippen LogP contribution in [0, 0.1) is 19.7 Å². The van der Waals surface area contributed by atoms with Crippen molar-refractivity contribution >= 4 is 29.2 Å². The highest BCUT2D eigenvalue weighted by Crippen LogP contribution is 2.22. The van der Waals surface area contributed by atoms with Gasteiger partial charge in [0.25, 0.3) is 5.91 Å². The molecule has 0 bridgehead atoms.